The molecule has 10 nitrogen and oxygen atoms in total. The largest absolute Gasteiger partial charge is 0.493 e. The molecule has 3 aromatic heterocycles. The highest BCUT2D eigenvalue weighted by molar-refractivity contribution is 7.14. The zero-order chi connectivity index (χ0) is 35.9. The lowest BCUT2D eigenvalue weighted by atomic mass is 9.99. The van der Waals surface area contributed by atoms with Crippen LogP contribution in [0.3, 0.4) is 0 Å². The fourth-order valence-corrected chi connectivity index (χ4v) is 7.86. The van der Waals surface area contributed by atoms with E-state index in [1.807, 2.05) is 42.7 Å². The lowest BCUT2D eigenvalue weighted by molar-refractivity contribution is 0.201. The van der Waals surface area contributed by atoms with Crippen molar-refractivity contribution in [1.82, 2.24) is 14.9 Å². The standard InChI is InChI=1S/C40H46N4O6S/c1-26-13-18-51-40(26)44(25-28-9-8-14-42-37(28)30-22-35(47-4)39(50-7)36(23-30)48-5)31-11-16-43(17-12-31)24-27-10-15-41-32(19-27)29-20-33(45-2)38(49-6)34(21-29)46-3/h8-10,13-15,18-23,31H,11-12,16-17,24-25H2,1-7H3. The van der Waals surface area contributed by atoms with E-state index in [0.29, 0.717) is 40.5 Å². The minimum Gasteiger partial charge on any atom is -0.493 e. The highest BCUT2D eigenvalue weighted by atomic mass is 32.1. The summed E-state index contributed by atoms with van der Waals surface area (Å²) in [4.78, 5) is 14.7. The van der Waals surface area contributed by atoms with Crippen molar-refractivity contribution in [2.24, 2.45) is 0 Å². The Bertz CT molecular complexity index is 1890. The highest BCUT2D eigenvalue weighted by Crippen LogP contribution is 2.43. The molecule has 0 N–H and O–H groups in total. The summed E-state index contributed by atoms with van der Waals surface area (Å²) in [6, 6.07) is 18.8. The van der Waals surface area contributed by atoms with E-state index in [0.717, 1.165) is 67.1 Å². The number of methoxy groups -OCH3 is 6. The Morgan fingerprint density at radius 2 is 1.33 bits per heavy atom. The van der Waals surface area contributed by atoms with Crippen LogP contribution in [-0.4, -0.2) is 76.7 Å². The maximum Gasteiger partial charge on any atom is 0.203 e. The Kier molecular flexibility index (Phi) is 11.5. The highest BCUT2D eigenvalue weighted by Gasteiger charge is 2.28. The van der Waals surface area contributed by atoms with E-state index < -0.39 is 0 Å². The number of hydrogen-bond acceptors (Lipinski definition) is 11. The SMILES string of the molecule is COc1cc(-c2cc(CN3CCC(N(Cc4cccnc4-c4cc(OC)c(OC)c(OC)c4)c4sccc4C)CC3)ccn2)cc(OC)c1OC. The summed E-state index contributed by atoms with van der Waals surface area (Å²) in [6.07, 6.45) is 5.80. The molecule has 1 aliphatic heterocycles. The molecule has 268 valence electrons. The Labute approximate surface area is 304 Å². The molecular formula is C40H46N4O6S. The second-order valence-corrected chi connectivity index (χ2v) is 13.3. The quantitative estimate of drug-likeness (QED) is 0.113. The van der Waals surface area contributed by atoms with Gasteiger partial charge in [0.15, 0.2) is 23.0 Å². The second-order valence-electron chi connectivity index (χ2n) is 12.4. The Morgan fingerprint density at radius 1 is 0.725 bits per heavy atom. The summed E-state index contributed by atoms with van der Waals surface area (Å²) >= 11 is 1.80. The third kappa shape index (κ3) is 7.69. The molecule has 0 spiro atoms. The predicted molar refractivity (Wildman–Crippen MR) is 202 cm³/mol. The number of ether oxygens (including phenoxy) is 6. The Balaban J connectivity index is 1.21. The molecule has 51 heavy (non-hydrogen) atoms. The first-order chi connectivity index (χ1) is 24.9. The fraction of sp³-hybridized carbons (Fsp3) is 0.350. The number of likely N-dealkylation sites (tertiary alicyclic amines) is 1. The molecular weight excluding hydrogens is 665 g/mol. The summed E-state index contributed by atoms with van der Waals surface area (Å²) < 4.78 is 33.6. The second kappa shape index (κ2) is 16.3. The number of thiophene rings is 1. The molecule has 0 atom stereocenters. The molecule has 5 aromatic rings. The van der Waals surface area contributed by atoms with Gasteiger partial charge in [0, 0.05) is 55.7 Å². The first-order valence-electron chi connectivity index (χ1n) is 16.9. The third-order valence-corrected chi connectivity index (χ3v) is 10.5. The van der Waals surface area contributed by atoms with Crippen molar-refractivity contribution < 1.29 is 28.4 Å². The van der Waals surface area contributed by atoms with E-state index in [9.17, 15) is 0 Å². The fourth-order valence-electron chi connectivity index (χ4n) is 6.86. The number of rotatable bonds is 14. The summed E-state index contributed by atoms with van der Waals surface area (Å²) in [5.41, 5.74) is 7.22. The molecule has 1 fully saturated rings. The Morgan fingerprint density at radius 3 is 1.88 bits per heavy atom. The summed E-state index contributed by atoms with van der Waals surface area (Å²) in [7, 11) is 9.75. The summed E-state index contributed by atoms with van der Waals surface area (Å²) in [5.74, 6) is 3.55. The minimum absolute atomic E-state index is 0.374. The third-order valence-electron chi connectivity index (χ3n) is 9.45. The van der Waals surface area contributed by atoms with Gasteiger partial charge in [0.25, 0.3) is 0 Å². The van der Waals surface area contributed by atoms with Gasteiger partial charge in [-0.05, 0) is 90.4 Å². The van der Waals surface area contributed by atoms with Crippen LogP contribution in [0.5, 0.6) is 34.5 Å². The van der Waals surface area contributed by atoms with E-state index in [1.54, 1.807) is 54.0 Å². The van der Waals surface area contributed by atoms with Gasteiger partial charge in [-0.2, -0.15) is 0 Å². The molecule has 6 rings (SSSR count). The molecule has 0 bridgehead atoms. The molecule has 1 saturated heterocycles. The topological polar surface area (TPSA) is 87.6 Å². The first kappa shape index (κ1) is 35.8. The molecule has 0 aliphatic carbocycles. The number of aryl methyl sites for hydroxylation is 1. The molecule has 4 heterocycles. The van der Waals surface area contributed by atoms with Crippen LogP contribution in [0.2, 0.25) is 0 Å². The van der Waals surface area contributed by atoms with Crippen molar-refractivity contribution in [3.63, 3.8) is 0 Å². The molecule has 0 radical (unpaired) electrons. The van der Waals surface area contributed by atoms with Gasteiger partial charge in [-0.15, -0.1) is 11.3 Å². The average molecular weight is 711 g/mol. The number of nitrogens with zero attached hydrogens (tertiary/aromatic N) is 4. The normalized spacial score (nSPS) is 13.5. The van der Waals surface area contributed by atoms with Gasteiger partial charge in [-0.3, -0.25) is 14.9 Å². The van der Waals surface area contributed by atoms with Gasteiger partial charge in [0.2, 0.25) is 11.5 Å². The van der Waals surface area contributed by atoms with Crippen molar-refractivity contribution in [3.8, 4) is 57.0 Å². The molecule has 0 saturated carbocycles. The molecule has 1 aliphatic rings. The van der Waals surface area contributed by atoms with Crippen LogP contribution >= 0.6 is 11.3 Å². The van der Waals surface area contributed by atoms with E-state index in [1.165, 1.54) is 16.1 Å². The van der Waals surface area contributed by atoms with Gasteiger partial charge in [0.05, 0.1) is 59.0 Å². The Hall–Kier alpha value is -5.00. The van der Waals surface area contributed by atoms with E-state index in [2.05, 4.69) is 51.4 Å². The van der Waals surface area contributed by atoms with Gasteiger partial charge in [0.1, 0.15) is 0 Å². The van der Waals surface area contributed by atoms with E-state index >= 15 is 0 Å². The van der Waals surface area contributed by atoms with Gasteiger partial charge < -0.3 is 33.3 Å². The van der Waals surface area contributed by atoms with E-state index in [4.69, 9.17) is 33.4 Å². The molecule has 11 heteroatoms. The van der Waals surface area contributed by atoms with Crippen molar-refractivity contribution >= 4 is 16.3 Å². The van der Waals surface area contributed by atoms with Gasteiger partial charge in [-0.1, -0.05) is 6.07 Å². The van der Waals surface area contributed by atoms with Crippen molar-refractivity contribution in [3.05, 3.63) is 89.1 Å². The number of benzene rings is 2. The van der Waals surface area contributed by atoms with Crippen molar-refractivity contribution in [2.75, 3.05) is 60.6 Å². The van der Waals surface area contributed by atoms with Gasteiger partial charge >= 0.3 is 0 Å². The van der Waals surface area contributed by atoms with Crippen LogP contribution in [0, 0.1) is 6.92 Å². The number of anilines is 1. The average Bonchev–Trinajstić information content (AvgIpc) is 3.61. The van der Waals surface area contributed by atoms with Crippen molar-refractivity contribution in [1.29, 1.82) is 0 Å². The van der Waals surface area contributed by atoms with Crippen LogP contribution in [0.15, 0.2) is 72.4 Å². The zero-order valence-corrected chi connectivity index (χ0v) is 31.2. The zero-order valence-electron chi connectivity index (χ0n) is 30.4. The predicted octanol–water partition coefficient (Wildman–Crippen LogP) is 7.90. The van der Waals surface area contributed by atoms with Crippen molar-refractivity contribution in [2.45, 2.75) is 38.9 Å². The molecule has 0 amide bonds. The lowest BCUT2D eigenvalue weighted by Crippen LogP contribution is -2.44. The van der Waals surface area contributed by atoms with Crippen LogP contribution in [0.1, 0.15) is 29.5 Å². The number of pyridine rings is 2. The first-order valence-corrected chi connectivity index (χ1v) is 17.8. The summed E-state index contributed by atoms with van der Waals surface area (Å²) in [5, 5.41) is 3.49. The monoisotopic (exact) mass is 710 g/mol. The van der Waals surface area contributed by atoms with Crippen LogP contribution < -0.4 is 33.3 Å². The number of aromatic nitrogens is 2. The minimum atomic E-state index is 0.374. The molecule has 2 aromatic carbocycles. The number of piperidine rings is 1. The molecule has 0 unspecified atom stereocenters. The lowest BCUT2D eigenvalue weighted by Gasteiger charge is -2.40. The maximum absolute atomic E-state index is 5.68. The smallest absolute Gasteiger partial charge is 0.203 e. The van der Waals surface area contributed by atoms with E-state index in [-0.39, 0.29) is 0 Å². The van der Waals surface area contributed by atoms with Crippen LogP contribution in [0.25, 0.3) is 22.5 Å². The van der Waals surface area contributed by atoms with Crippen LogP contribution in [0.4, 0.5) is 5.00 Å². The maximum atomic E-state index is 5.68. The van der Waals surface area contributed by atoms with Gasteiger partial charge in [-0.25, -0.2) is 0 Å². The number of hydrogen-bond donors (Lipinski definition) is 0. The summed E-state index contributed by atoms with van der Waals surface area (Å²) in [6.45, 7) is 5.75. The van der Waals surface area contributed by atoms with Crippen LogP contribution in [-0.2, 0) is 13.1 Å².